The van der Waals surface area contributed by atoms with Gasteiger partial charge in [-0.25, -0.2) is 13.1 Å². The molecule has 0 unspecified atom stereocenters. The molecule has 2 rings (SSSR count). The molecule has 0 aliphatic carbocycles. The number of phenols is 1. The molecule has 0 aliphatic heterocycles. The van der Waals surface area contributed by atoms with Crippen LogP contribution in [0.1, 0.15) is 4.88 Å². The first-order valence-electron chi connectivity index (χ1n) is 4.74. The molecule has 5 nitrogen and oxygen atoms in total. The Morgan fingerprint density at radius 2 is 2.12 bits per heavy atom. The summed E-state index contributed by atoms with van der Waals surface area (Å²) in [5, 5.41) is 9.47. The third-order valence-electron chi connectivity index (χ3n) is 2.07. The number of rotatable bonds is 4. The zero-order valence-electron chi connectivity index (χ0n) is 8.70. The summed E-state index contributed by atoms with van der Waals surface area (Å²) in [5.74, 6) is -0.260. The molecule has 1 heterocycles. The zero-order valence-corrected chi connectivity index (χ0v) is 10.3. The normalized spacial score (nSPS) is 11.5. The summed E-state index contributed by atoms with van der Waals surface area (Å²) in [5.41, 5.74) is 1.63. The molecule has 0 fully saturated rings. The second kappa shape index (κ2) is 4.82. The van der Waals surface area contributed by atoms with Crippen molar-refractivity contribution >= 4 is 21.4 Å². The first-order valence-corrected chi connectivity index (χ1v) is 7.11. The van der Waals surface area contributed by atoms with Gasteiger partial charge in [0.1, 0.15) is 10.6 Å². The Hall–Kier alpha value is -1.44. The van der Waals surface area contributed by atoms with Crippen LogP contribution in [0, 0.1) is 0 Å². The van der Waals surface area contributed by atoms with E-state index in [0.717, 1.165) is 4.88 Å². The van der Waals surface area contributed by atoms with Gasteiger partial charge < -0.3 is 5.11 Å². The molecule has 0 radical (unpaired) electrons. The highest BCUT2D eigenvalue weighted by molar-refractivity contribution is 7.89. The van der Waals surface area contributed by atoms with Crippen LogP contribution in [0.15, 0.2) is 40.9 Å². The first-order chi connectivity index (χ1) is 8.09. The van der Waals surface area contributed by atoms with E-state index in [2.05, 4.69) is 9.71 Å². The highest BCUT2D eigenvalue weighted by Gasteiger charge is 2.17. The average Bonchev–Trinajstić information content (AvgIpc) is 2.80. The van der Waals surface area contributed by atoms with E-state index in [0.29, 0.717) is 0 Å². The predicted molar refractivity (Wildman–Crippen MR) is 64.2 cm³/mol. The fraction of sp³-hybridized carbons (Fsp3) is 0.100. The second-order valence-corrected chi connectivity index (χ2v) is 5.97. The summed E-state index contributed by atoms with van der Waals surface area (Å²) >= 11 is 1.36. The van der Waals surface area contributed by atoms with Crippen LogP contribution >= 0.6 is 11.3 Å². The molecular formula is C10H10N2O3S2. The number of para-hydroxylation sites is 1. The summed E-state index contributed by atoms with van der Waals surface area (Å²) < 4.78 is 26.1. The Morgan fingerprint density at radius 3 is 2.76 bits per heavy atom. The van der Waals surface area contributed by atoms with Gasteiger partial charge in [-0.05, 0) is 12.1 Å². The Labute approximate surface area is 103 Å². The summed E-state index contributed by atoms with van der Waals surface area (Å²) in [6.07, 6.45) is 1.60. The highest BCUT2D eigenvalue weighted by atomic mass is 32.2. The van der Waals surface area contributed by atoms with E-state index in [1.807, 2.05) is 0 Å². The van der Waals surface area contributed by atoms with Crippen LogP contribution in [0.4, 0.5) is 0 Å². The van der Waals surface area contributed by atoms with Gasteiger partial charge in [0.15, 0.2) is 0 Å². The molecule has 0 atom stereocenters. The third kappa shape index (κ3) is 2.82. The maximum Gasteiger partial charge on any atom is 0.244 e. The molecule has 1 aromatic heterocycles. The molecule has 0 aliphatic rings. The molecule has 2 aromatic rings. The average molecular weight is 270 g/mol. The van der Waals surface area contributed by atoms with Crippen molar-refractivity contribution in [2.45, 2.75) is 11.4 Å². The Kier molecular flexibility index (Phi) is 3.41. The summed E-state index contributed by atoms with van der Waals surface area (Å²) in [7, 11) is -3.69. The number of nitrogens with zero attached hydrogens (tertiary/aromatic N) is 1. The van der Waals surface area contributed by atoms with Crippen LogP contribution in [0.5, 0.6) is 5.75 Å². The van der Waals surface area contributed by atoms with Crippen molar-refractivity contribution in [3.63, 3.8) is 0 Å². The lowest BCUT2D eigenvalue weighted by Gasteiger charge is -2.06. The second-order valence-electron chi connectivity index (χ2n) is 3.26. The lowest BCUT2D eigenvalue weighted by atomic mass is 10.3. The lowest BCUT2D eigenvalue weighted by Crippen LogP contribution is -2.22. The smallest absolute Gasteiger partial charge is 0.244 e. The molecule has 0 bridgehead atoms. The summed E-state index contributed by atoms with van der Waals surface area (Å²) in [4.78, 5) is 4.54. The van der Waals surface area contributed by atoms with Crippen LogP contribution < -0.4 is 4.72 Å². The molecular weight excluding hydrogens is 260 g/mol. The van der Waals surface area contributed by atoms with Crippen LogP contribution in [0.25, 0.3) is 0 Å². The quantitative estimate of drug-likeness (QED) is 0.878. The van der Waals surface area contributed by atoms with E-state index in [1.54, 1.807) is 23.8 Å². The van der Waals surface area contributed by atoms with Crippen LogP contribution in [-0.2, 0) is 16.6 Å². The number of hydrogen-bond acceptors (Lipinski definition) is 5. The van der Waals surface area contributed by atoms with Crippen LogP contribution in [0.2, 0.25) is 0 Å². The SMILES string of the molecule is O=S(=O)(NCc1cncs1)c1ccccc1O. The maximum atomic E-state index is 11.9. The topological polar surface area (TPSA) is 79.3 Å². The Morgan fingerprint density at radius 1 is 1.35 bits per heavy atom. The fourth-order valence-corrected chi connectivity index (χ4v) is 2.99. The molecule has 2 N–H and O–H groups in total. The molecule has 0 spiro atoms. The number of thiazole rings is 1. The van der Waals surface area contributed by atoms with Crippen LogP contribution in [0.3, 0.4) is 0 Å². The van der Waals surface area contributed by atoms with Gasteiger partial charge in [0.2, 0.25) is 10.0 Å². The molecule has 1 aromatic carbocycles. The van der Waals surface area contributed by atoms with Crippen molar-refractivity contribution in [3.05, 3.63) is 40.8 Å². The molecule has 7 heteroatoms. The maximum absolute atomic E-state index is 11.9. The molecule has 0 saturated heterocycles. The number of aromatic hydroxyl groups is 1. The molecule has 0 saturated carbocycles. The standard InChI is InChI=1S/C10H10N2O3S2/c13-9-3-1-2-4-10(9)17(14,15)12-6-8-5-11-7-16-8/h1-5,7,12-13H,6H2. The minimum Gasteiger partial charge on any atom is -0.507 e. The molecule has 90 valence electrons. The van der Waals surface area contributed by atoms with E-state index in [4.69, 9.17) is 0 Å². The van der Waals surface area contributed by atoms with E-state index < -0.39 is 10.0 Å². The number of aromatic nitrogens is 1. The highest BCUT2D eigenvalue weighted by Crippen LogP contribution is 2.21. The number of nitrogens with one attached hydrogen (secondary N) is 1. The van der Waals surface area contributed by atoms with Crippen molar-refractivity contribution < 1.29 is 13.5 Å². The van der Waals surface area contributed by atoms with E-state index in [9.17, 15) is 13.5 Å². The number of sulfonamides is 1. The van der Waals surface area contributed by atoms with E-state index in [1.165, 1.54) is 23.5 Å². The monoisotopic (exact) mass is 270 g/mol. The van der Waals surface area contributed by atoms with Crippen molar-refractivity contribution in [2.24, 2.45) is 0 Å². The number of phenolic OH excluding ortho intramolecular Hbond substituents is 1. The Bertz CT molecular complexity index is 594. The first kappa shape index (κ1) is 12.0. The Balaban J connectivity index is 2.17. The van der Waals surface area contributed by atoms with Gasteiger partial charge in [-0.2, -0.15) is 0 Å². The molecule has 0 amide bonds. The number of benzene rings is 1. The van der Waals surface area contributed by atoms with Gasteiger partial charge in [0.05, 0.1) is 5.51 Å². The third-order valence-corrected chi connectivity index (χ3v) is 4.30. The van der Waals surface area contributed by atoms with Crippen molar-refractivity contribution in [3.8, 4) is 5.75 Å². The predicted octanol–water partition coefficient (Wildman–Crippen LogP) is 1.33. The zero-order chi connectivity index (χ0) is 12.3. The summed E-state index contributed by atoms with van der Waals surface area (Å²) in [6, 6.07) is 5.81. The molecule has 17 heavy (non-hydrogen) atoms. The fourth-order valence-electron chi connectivity index (χ4n) is 1.26. The van der Waals surface area contributed by atoms with Gasteiger partial charge in [-0.15, -0.1) is 11.3 Å². The minimum absolute atomic E-state index is 0.121. The lowest BCUT2D eigenvalue weighted by molar-refractivity contribution is 0.458. The van der Waals surface area contributed by atoms with Crippen LogP contribution in [-0.4, -0.2) is 18.5 Å². The van der Waals surface area contributed by atoms with Crippen molar-refractivity contribution in [1.29, 1.82) is 0 Å². The van der Waals surface area contributed by atoms with Gasteiger partial charge in [0.25, 0.3) is 0 Å². The van der Waals surface area contributed by atoms with Gasteiger partial charge in [-0.3, -0.25) is 4.98 Å². The van der Waals surface area contributed by atoms with Gasteiger partial charge >= 0.3 is 0 Å². The largest absolute Gasteiger partial charge is 0.507 e. The number of hydrogen-bond donors (Lipinski definition) is 2. The van der Waals surface area contributed by atoms with E-state index in [-0.39, 0.29) is 17.2 Å². The van der Waals surface area contributed by atoms with Crippen molar-refractivity contribution in [2.75, 3.05) is 0 Å². The minimum atomic E-state index is -3.69. The van der Waals surface area contributed by atoms with Crippen molar-refractivity contribution in [1.82, 2.24) is 9.71 Å². The van der Waals surface area contributed by atoms with Gasteiger partial charge in [0, 0.05) is 17.6 Å². The van der Waals surface area contributed by atoms with Gasteiger partial charge in [-0.1, -0.05) is 12.1 Å². The summed E-state index contributed by atoms with van der Waals surface area (Å²) in [6.45, 7) is 0.168. The van der Waals surface area contributed by atoms with E-state index >= 15 is 0 Å².